The lowest BCUT2D eigenvalue weighted by atomic mass is 10.0. The summed E-state index contributed by atoms with van der Waals surface area (Å²) in [5.41, 5.74) is 6.83. The molecule has 108 valence electrons. The molecule has 0 radical (unpaired) electrons. The van der Waals surface area contributed by atoms with Crippen molar-refractivity contribution in [2.24, 2.45) is 13.0 Å². The monoisotopic (exact) mass is 287 g/mol. The molecule has 1 atom stereocenters. The predicted molar refractivity (Wildman–Crippen MR) is 74.9 cm³/mol. The van der Waals surface area contributed by atoms with Crippen LogP contribution in [0.4, 0.5) is 11.5 Å². The highest BCUT2D eigenvalue weighted by atomic mass is 32.2. The Morgan fingerprint density at radius 3 is 2.68 bits per heavy atom. The molecule has 1 aliphatic rings. The molecule has 8 heteroatoms. The number of hydrogen-bond donors (Lipinski definition) is 2. The van der Waals surface area contributed by atoms with Crippen LogP contribution in [0.25, 0.3) is 0 Å². The van der Waals surface area contributed by atoms with Gasteiger partial charge in [0.1, 0.15) is 0 Å². The molecule has 1 aliphatic heterocycles. The van der Waals surface area contributed by atoms with E-state index in [9.17, 15) is 8.42 Å². The number of aryl methyl sites for hydroxylation is 2. The van der Waals surface area contributed by atoms with Crippen LogP contribution in [0.2, 0.25) is 0 Å². The van der Waals surface area contributed by atoms with E-state index < -0.39 is 10.2 Å². The zero-order valence-electron chi connectivity index (χ0n) is 11.5. The lowest BCUT2D eigenvalue weighted by molar-refractivity contribution is 0.282. The molecule has 1 aromatic rings. The normalized spacial score (nSPS) is 21.5. The summed E-state index contributed by atoms with van der Waals surface area (Å²) in [5.74, 6) is 0.715. The fourth-order valence-corrected chi connectivity index (χ4v) is 3.78. The molecule has 0 aromatic carbocycles. The van der Waals surface area contributed by atoms with Gasteiger partial charge in [-0.15, -0.1) is 0 Å². The molecule has 1 fully saturated rings. The van der Waals surface area contributed by atoms with Crippen molar-refractivity contribution in [1.29, 1.82) is 0 Å². The van der Waals surface area contributed by atoms with Gasteiger partial charge in [-0.2, -0.15) is 17.8 Å². The first-order valence-corrected chi connectivity index (χ1v) is 7.82. The third-order valence-corrected chi connectivity index (χ3v) is 4.92. The molecule has 1 saturated heterocycles. The van der Waals surface area contributed by atoms with Crippen molar-refractivity contribution >= 4 is 21.7 Å². The molecule has 0 bridgehead atoms. The second kappa shape index (κ2) is 5.01. The Bertz CT molecular complexity index is 566. The van der Waals surface area contributed by atoms with Gasteiger partial charge < -0.3 is 5.73 Å². The van der Waals surface area contributed by atoms with Crippen LogP contribution < -0.4 is 10.5 Å². The molecule has 0 amide bonds. The van der Waals surface area contributed by atoms with Crippen LogP contribution in [0.5, 0.6) is 0 Å². The summed E-state index contributed by atoms with van der Waals surface area (Å²) in [6.07, 6.45) is 1.96. The van der Waals surface area contributed by atoms with Crippen molar-refractivity contribution in [2.75, 3.05) is 23.5 Å². The molecule has 3 N–H and O–H groups in total. The molecular formula is C11H21N5O2S. The summed E-state index contributed by atoms with van der Waals surface area (Å²) in [6, 6.07) is 0. The number of piperidine rings is 1. The molecule has 0 spiro atoms. The number of aromatic nitrogens is 2. The van der Waals surface area contributed by atoms with E-state index in [0.717, 1.165) is 12.8 Å². The number of nitrogens with one attached hydrogen (secondary N) is 1. The van der Waals surface area contributed by atoms with E-state index in [1.54, 1.807) is 14.0 Å². The average Bonchev–Trinajstić information content (AvgIpc) is 2.56. The second-order valence-corrected chi connectivity index (χ2v) is 6.85. The quantitative estimate of drug-likeness (QED) is 0.855. The molecule has 7 nitrogen and oxygen atoms in total. The smallest absolute Gasteiger partial charge is 0.302 e. The fourth-order valence-electron chi connectivity index (χ4n) is 2.35. The second-order valence-electron chi connectivity index (χ2n) is 5.18. The average molecular weight is 287 g/mol. The van der Waals surface area contributed by atoms with E-state index in [1.165, 1.54) is 8.99 Å². The lowest BCUT2D eigenvalue weighted by Gasteiger charge is -2.30. The highest BCUT2D eigenvalue weighted by Crippen LogP contribution is 2.25. The van der Waals surface area contributed by atoms with Gasteiger partial charge in [0, 0.05) is 20.1 Å². The molecule has 1 unspecified atom stereocenters. The largest absolute Gasteiger partial charge is 0.394 e. The van der Waals surface area contributed by atoms with Crippen LogP contribution in [0.3, 0.4) is 0 Å². The SMILES string of the molecule is Cc1nn(C)c(NS(=O)(=O)N2CCCC(C)C2)c1N. The van der Waals surface area contributed by atoms with Gasteiger partial charge in [-0.1, -0.05) is 6.92 Å². The zero-order chi connectivity index (χ0) is 14.2. The van der Waals surface area contributed by atoms with Gasteiger partial charge in [0.15, 0.2) is 5.82 Å². The summed E-state index contributed by atoms with van der Waals surface area (Å²) >= 11 is 0. The summed E-state index contributed by atoms with van der Waals surface area (Å²) in [4.78, 5) is 0. The van der Waals surface area contributed by atoms with Crippen molar-refractivity contribution in [3.63, 3.8) is 0 Å². The van der Waals surface area contributed by atoms with Crippen LogP contribution in [-0.2, 0) is 17.3 Å². The molecule has 0 saturated carbocycles. The standard InChI is InChI=1S/C11H21N5O2S/c1-8-5-4-6-16(7-8)19(17,18)14-11-10(12)9(2)13-15(11)3/h8,14H,4-7,12H2,1-3H3. The fraction of sp³-hybridized carbons (Fsp3) is 0.727. The Hall–Kier alpha value is -1.28. The highest BCUT2D eigenvalue weighted by Gasteiger charge is 2.28. The van der Waals surface area contributed by atoms with Crippen molar-refractivity contribution < 1.29 is 8.42 Å². The number of anilines is 2. The Morgan fingerprint density at radius 2 is 2.16 bits per heavy atom. The summed E-state index contributed by atoms with van der Waals surface area (Å²) in [7, 11) is -1.89. The van der Waals surface area contributed by atoms with Crippen LogP contribution in [0.1, 0.15) is 25.5 Å². The summed E-state index contributed by atoms with van der Waals surface area (Å²) < 4.78 is 30.1. The predicted octanol–water partition coefficient (Wildman–Crippen LogP) is 0.699. The maximum atomic E-state index is 12.3. The Balaban J connectivity index is 2.21. The summed E-state index contributed by atoms with van der Waals surface area (Å²) in [6.45, 7) is 4.91. The topological polar surface area (TPSA) is 93.2 Å². The molecule has 2 heterocycles. The Morgan fingerprint density at radius 1 is 1.47 bits per heavy atom. The number of nitrogens with zero attached hydrogens (tertiary/aromatic N) is 3. The van der Waals surface area contributed by atoms with Gasteiger partial charge in [0.2, 0.25) is 0 Å². The molecule has 0 aliphatic carbocycles. The van der Waals surface area contributed by atoms with E-state index >= 15 is 0 Å². The minimum atomic E-state index is -3.56. The Kier molecular flexibility index (Phi) is 3.73. The molecular weight excluding hydrogens is 266 g/mol. The van der Waals surface area contributed by atoms with Crippen LogP contribution in [0, 0.1) is 12.8 Å². The number of nitrogens with two attached hydrogens (primary N) is 1. The van der Waals surface area contributed by atoms with Gasteiger partial charge in [-0.25, -0.2) is 4.68 Å². The first-order valence-electron chi connectivity index (χ1n) is 6.38. The van der Waals surface area contributed by atoms with E-state index in [0.29, 0.717) is 36.2 Å². The molecule has 1 aromatic heterocycles. The molecule has 19 heavy (non-hydrogen) atoms. The zero-order valence-corrected chi connectivity index (χ0v) is 12.4. The van der Waals surface area contributed by atoms with E-state index in [1.807, 2.05) is 0 Å². The molecule has 2 rings (SSSR count). The third-order valence-electron chi connectivity index (χ3n) is 3.45. The van der Waals surface area contributed by atoms with Crippen molar-refractivity contribution in [3.8, 4) is 0 Å². The first kappa shape index (κ1) is 14.1. The van der Waals surface area contributed by atoms with Crippen LogP contribution in [-0.4, -0.2) is 35.6 Å². The minimum Gasteiger partial charge on any atom is -0.394 e. The van der Waals surface area contributed by atoms with E-state index in [4.69, 9.17) is 5.73 Å². The number of nitrogen functional groups attached to an aromatic ring is 1. The van der Waals surface area contributed by atoms with Crippen molar-refractivity contribution in [1.82, 2.24) is 14.1 Å². The van der Waals surface area contributed by atoms with Gasteiger partial charge in [-0.3, -0.25) is 4.72 Å². The Labute approximate surface area is 113 Å². The third kappa shape index (κ3) is 2.84. The highest BCUT2D eigenvalue weighted by molar-refractivity contribution is 7.90. The first-order chi connectivity index (χ1) is 8.81. The van der Waals surface area contributed by atoms with Gasteiger partial charge in [0.05, 0.1) is 11.4 Å². The van der Waals surface area contributed by atoms with Gasteiger partial charge in [0.25, 0.3) is 0 Å². The lowest BCUT2D eigenvalue weighted by Crippen LogP contribution is -2.42. The number of rotatable bonds is 3. The summed E-state index contributed by atoms with van der Waals surface area (Å²) in [5, 5.41) is 4.10. The van der Waals surface area contributed by atoms with Gasteiger partial charge in [-0.05, 0) is 25.7 Å². The van der Waals surface area contributed by atoms with Crippen LogP contribution >= 0.6 is 0 Å². The van der Waals surface area contributed by atoms with Crippen molar-refractivity contribution in [3.05, 3.63) is 5.69 Å². The minimum absolute atomic E-state index is 0.329. The number of hydrogen-bond acceptors (Lipinski definition) is 4. The maximum Gasteiger partial charge on any atom is 0.302 e. The maximum absolute atomic E-state index is 12.3. The van der Waals surface area contributed by atoms with Gasteiger partial charge >= 0.3 is 10.2 Å². The van der Waals surface area contributed by atoms with E-state index in [2.05, 4.69) is 16.7 Å². The van der Waals surface area contributed by atoms with Crippen LogP contribution in [0.15, 0.2) is 0 Å². The van der Waals surface area contributed by atoms with E-state index in [-0.39, 0.29) is 0 Å². The van der Waals surface area contributed by atoms with Crippen molar-refractivity contribution in [2.45, 2.75) is 26.7 Å².